The van der Waals surface area contributed by atoms with Crippen molar-refractivity contribution >= 4 is 12.1 Å². The minimum atomic E-state index is 0. The van der Waals surface area contributed by atoms with Crippen LogP contribution in [0.15, 0.2) is 108 Å². The van der Waals surface area contributed by atoms with Gasteiger partial charge in [0.15, 0.2) is 17.5 Å². The monoisotopic (exact) mass is 761 g/mol. The topological polar surface area (TPSA) is 238 Å². The molecule has 0 bridgehead atoms. The third-order valence-electron chi connectivity index (χ3n) is 7.48. The van der Waals surface area contributed by atoms with Gasteiger partial charge in [-0.3, -0.25) is 21.6 Å². The molecule has 0 radical (unpaired) electrons. The Morgan fingerprint density at radius 2 is 1.28 bits per heavy atom. The first-order valence-electron chi connectivity index (χ1n) is 22.1. The Bertz CT molecular complexity index is 2120. The second-order valence-corrected chi connectivity index (χ2v) is 12.3. The third kappa shape index (κ3) is 14.5. The maximum Gasteiger partial charge on any atom is 0.181 e. The van der Waals surface area contributed by atoms with Crippen LogP contribution in [0, 0.1) is 32.1 Å². The Hall–Kier alpha value is -6.62. The molecule has 4 aromatic heterocycles. The van der Waals surface area contributed by atoms with E-state index in [9.17, 15) is 4.79 Å². The summed E-state index contributed by atoms with van der Waals surface area (Å²) in [5.74, 6) is 15.7. The summed E-state index contributed by atoms with van der Waals surface area (Å²) in [6.07, 6.45) is 0.865. The van der Waals surface area contributed by atoms with E-state index in [1.54, 1.807) is 12.1 Å². The van der Waals surface area contributed by atoms with Crippen LogP contribution in [0.3, 0.4) is 0 Å². The molecular formula is C41H62N12O. The summed E-state index contributed by atoms with van der Waals surface area (Å²) in [6.45, 7) is 14.3. The third-order valence-corrected chi connectivity index (χ3v) is 7.48. The van der Waals surface area contributed by atoms with Crippen LogP contribution < -0.4 is 23.3 Å². The molecule has 9 N–H and O–H groups in total. The van der Waals surface area contributed by atoms with Crippen molar-refractivity contribution in [2.75, 3.05) is 0 Å². The number of nitrogens with one attached hydrogen (secondary N) is 1. The van der Waals surface area contributed by atoms with E-state index in [2.05, 4.69) is 98.9 Å². The van der Waals surface area contributed by atoms with Gasteiger partial charge in [0, 0.05) is 44.5 Å². The molecule has 6 aromatic rings. The van der Waals surface area contributed by atoms with E-state index in [1.807, 2.05) is 93.6 Å². The van der Waals surface area contributed by atoms with E-state index in [4.69, 9.17) is 31.7 Å². The number of benzene rings is 2. The van der Waals surface area contributed by atoms with Crippen LogP contribution in [-0.2, 0) is 0 Å². The summed E-state index contributed by atoms with van der Waals surface area (Å²) in [5, 5.41) is 18.9. The summed E-state index contributed by atoms with van der Waals surface area (Å²) in [6, 6.07) is 34.8. The fraction of sp³-hybridized carbons (Fsp3) is 0.220. The number of rotatable bonds is 6. The van der Waals surface area contributed by atoms with Crippen molar-refractivity contribution in [3.63, 3.8) is 0 Å². The van der Waals surface area contributed by atoms with Crippen molar-refractivity contribution < 1.29 is 21.1 Å². The maximum atomic E-state index is 10.3. The Morgan fingerprint density at radius 3 is 1.74 bits per heavy atom. The van der Waals surface area contributed by atoms with Crippen LogP contribution in [0.1, 0.15) is 106 Å². The summed E-state index contributed by atoms with van der Waals surface area (Å²) in [4.78, 5) is 27.3. The van der Waals surface area contributed by atoms with Gasteiger partial charge in [-0.25, -0.2) is 19.9 Å². The van der Waals surface area contributed by atoms with Gasteiger partial charge >= 0.3 is 0 Å². The summed E-state index contributed by atoms with van der Waals surface area (Å²) in [5.41, 5.74) is 14.4. The molecule has 0 spiro atoms. The lowest BCUT2D eigenvalue weighted by molar-refractivity contribution is 0.112. The number of nitrogens with zero attached hydrogens (tertiary/aromatic N) is 7. The molecule has 6 rings (SSSR count). The standard InChI is InChI=1S/C17H18N4.C10H12O.C7H10N4.C7H6N2.H4N2.6H2/c1-11(2)13-7-9-14(10-8-13)16-19-17(21-20-16)15-6-4-5-12(3)18-15;1-8(2)10-5-3-9(7-11)4-6-10;1-5-3-2-4-6(10-5)7(8)11-9;1-6-3-2-4-7(5-8)9-6;1-2;;;;;;/h4-11H,1-3H3,(H,19,20,21);3-8H,1-2H3;2-4H,9H2,1H3,(H2,8,11);2-4H,1H3;1-2H2;6*1H/i;;;;;5*1+2T;1+2. The number of aromatic amines is 1. The summed E-state index contributed by atoms with van der Waals surface area (Å²) in [7, 11) is 0. The molecule has 13 heteroatoms. The number of carbonyl (C=O) groups is 1. The van der Waals surface area contributed by atoms with Crippen LogP contribution in [0.4, 0.5) is 0 Å². The Balaban J connectivity index is -0.000000237. The molecule has 0 fully saturated rings. The Labute approximate surface area is 334 Å². The second kappa shape index (κ2) is 23.0. The fourth-order valence-corrected chi connectivity index (χ4v) is 4.51. The molecule has 0 aliphatic rings. The lowest BCUT2D eigenvalue weighted by atomic mass is 10.0. The van der Waals surface area contributed by atoms with Gasteiger partial charge in [-0.05, 0) is 80.1 Å². The number of hydrazone groups is 1. The zero-order chi connectivity index (χ0) is 50.0. The minimum absolute atomic E-state index is 0. The molecule has 292 valence electrons. The van der Waals surface area contributed by atoms with Crippen molar-refractivity contribution in [1.29, 1.82) is 5.26 Å². The first-order valence-corrected chi connectivity index (χ1v) is 17.1. The number of pyridine rings is 3. The highest BCUT2D eigenvalue weighted by Gasteiger charge is 2.09. The zero-order valence-corrected chi connectivity index (χ0v) is 31.9. The number of nitrogens with two attached hydrogens (primary N) is 4. The molecule has 0 atom stereocenters. The highest BCUT2D eigenvalue weighted by atomic mass is 16.1. The number of aldehydes is 1. The number of carbonyl (C=O) groups excluding carboxylic acids is 1. The lowest BCUT2D eigenvalue weighted by Crippen LogP contribution is -2.17. The molecule has 0 unspecified atom stereocenters. The molecule has 0 aliphatic carbocycles. The van der Waals surface area contributed by atoms with E-state index in [0.717, 1.165) is 40.2 Å². The number of H-pyrrole nitrogens is 1. The molecule has 0 saturated carbocycles. The SMILES string of the molecule is CC(C)c1ccc(C=O)cc1.Cc1cccc(-c2nc(-c3ccc(C(C)C)cc3)n[nH]2)n1.Cc1cccc(/C(N)=N/N)n1.Cc1cccc(C#N)n1.NN.[3HH].[3H][3H].[3H][3H].[3H][3H].[3H][3H].[3H][3H]. The van der Waals surface area contributed by atoms with Gasteiger partial charge < -0.3 is 11.6 Å². The minimum Gasteiger partial charge on any atom is -0.380 e. The highest BCUT2D eigenvalue weighted by molar-refractivity contribution is 5.95. The predicted octanol–water partition coefficient (Wildman–Crippen LogP) is 8.11. The molecule has 13 nitrogen and oxygen atoms in total. The van der Waals surface area contributed by atoms with E-state index >= 15 is 0 Å². The number of hydrogen-bond donors (Lipinski definition) is 5. The second-order valence-electron chi connectivity index (χ2n) is 12.3. The smallest absolute Gasteiger partial charge is 0.181 e. The summed E-state index contributed by atoms with van der Waals surface area (Å²) >= 11 is 0. The van der Waals surface area contributed by atoms with E-state index in [-0.39, 0.29) is 7.26 Å². The number of hydrogen-bond acceptors (Lipinski definition) is 11. The lowest BCUT2D eigenvalue weighted by Gasteiger charge is -2.04. The normalized spacial score (nSPS) is 11.0. The first-order chi connectivity index (χ1) is 30.9. The number of nitriles is 1. The average molecular weight is 761 g/mol. The van der Waals surface area contributed by atoms with E-state index in [1.165, 1.54) is 11.1 Å². The van der Waals surface area contributed by atoms with Gasteiger partial charge in [-0.2, -0.15) is 15.5 Å². The molecular weight excluding hydrogens is 677 g/mol. The highest BCUT2D eigenvalue weighted by Crippen LogP contribution is 2.22. The van der Waals surface area contributed by atoms with Crippen molar-refractivity contribution in [3.05, 3.63) is 148 Å². The van der Waals surface area contributed by atoms with Crippen molar-refractivity contribution in [2.45, 2.75) is 60.3 Å². The number of aromatic nitrogens is 6. The summed E-state index contributed by atoms with van der Waals surface area (Å²) < 4.78 is 50.0. The van der Waals surface area contributed by atoms with E-state index < -0.39 is 0 Å². The van der Waals surface area contributed by atoms with Gasteiger partial charge in [-0.15, -0.1) is 0 Å². The Kier molecular flexibility index (Phi) is 15.3. The Morgan fingerprint density at radius 1 is 0.759 bits per heavy atom. The molecule has 54 heavy (non-hydrogen) atoms. The van der Waals surface area contributed by atoms with Crippen LogP contribution in [-0.4, -0.2) is 42.3 Å². The van der Waals surface area contributed by atoms with Crippen molar-refractivity contribution in [1.82, 2.24) is 30.1 Å². The average Bonchev–Trinajstić information content (AvgIpc) is 3.86. The number of aryl methyl sites for hydroxylation is 3. The molecule has 4 heterocycles. The van der Waals surface area contributed by atoms with Gasteiger partial charge in [0.05, 0.1) is 0 Å². The molecule has 2 aromatic carbocycles. The van der Waals surface area contributed by atoms with Gasteiger partial charge in [0.2, 0.25) is 0 Å². The van der Waals surface area contributed by atoms with E-state index in [0.29, 0.717) is 34.9 Å². The van der Waals surface area contributed by atoms with Crippen LogP contribution in [0.5, 0.6) is 0 Å². The molecule has 0 aliphatic heterocycles. The van der Waals surface area contributed by atoms with Crippen LogP contribution in [0.2, 0.25) is 0 Å². The van der Waals surface area contributed by atoms with Crippen molar-refractivity contribution in [3.8, 4) is 29.0 Å². The largest absolute Gasteiger partial charge is 0.380 e. The first kappa shape index (κ1) is 35.8. The van der Waals surface area contributed by atoms with Gasteiger partial charge in [0.25, 0.3) is 0 Å². The predicted molar refractivity (Wildman–Crippen MR) is 228 cm³/mol. The van der Waals surface area contributed by atoms with Crippen LogP contribution >= 0.6 is 0 Å². The number of amidine groups is 1. The number of hydrazine groups is 1. The van der Waals surface area contributed by atoms with Crippen LogP contribution in [0.25, 0.3) is 22.9 Å². The molecule has 0 saturated heterocycles. The molecule has 0 amide bonds. The van der Waals surface area contributed by atoms with Gasteiger partial charge in [0.1, 0.15) is 29.4 Å². The zero-order valence-electron chi connectivity index (χ0n) is 41.9. The van der Waals surface area contributed by atoms with Crippen molar-refractivity contribution in [2.24, 2.45) is 28.4 Å². The fourth-order valence-electron chi connectivity index (χ4n) is 4.51. The quantitative estimate of drug-likeness (QED) is 0.0357. The maximum absolute atomic E-state index is 10.3. The van der Waals surface area contributed by atoms with Gasteiger partial charge in [-0.1, -0.05) is 94.4 Å².